The van der Waals surface area contributed by atoms with Gasteiger partial charge in [0.15, 0.2) is 5.75 Å². The molecule has 1 saturated carbocycles. The van der Waals surface area contributed by atoms with Gasteiger partial charge in [0.25, 0.3) is 0 Å². The Hall–Kier alpha value is -3.55. The first-order valence-electron chi connectivity index (χ1n) is 16.1. The number of urea groups is 1. The minimum Gasteiger partial charge on any atom is -0.492 e. The molecule has 13 heteroatoms. The van der Waals surface area contributed by atoms with Crippen molar-refractivity contribution in [3.05, 3.63) is 41.0 Å². The van der Waals surface area contributed by atoms with E-state index in [1.54, 1.807) is 24.3 Å². The van der Waals surface area contributed by atoms with Gasteiger partial charge in [-0.05, 0) is 73.8 Å². The van der Waals surface area contributed by atoms with Crippen molar-refractivity contribution >= 4 is 39.0 Å². The lowest BCUT2D eigenvalue weighted by molar-refractivity contribution is -0.136. The molecule has 1 heterocycles. The van der Waals surface area contributed by atoms with Gasteiger partial charge < -0.3 is 30.1 Å². The number of hydrogen-bond acceptors (Lipinski definition) is 8. The quantitative estimate of drug-likeness (QED) is 0.264. The molecule has 0 aromatic heterocycles. The Morgan fingerprint density at radius 1 is 1.07 bits per heavy atom. The molecule has 5 rings (SSSR count). The van der Waals surface area contributed by atoms with E-state index in [9.17, 15) is 23.1 Å². The van der Waals surface area contributed by atoms with E-state index in [-0.39, 0.29) is 28.5 Å². The number of piperazine rings is 1. The second-order valence-electron chi connectivity index (χ2n) is 13.4. The molecule has 0 spiro atoms. The molecule has 1 atom stereocenters. The van der Waals surface area contributed by atoms with Crippen LogP contribution in [0.5, 0.6) is 11.5 Å². The van der Waals surface area contributed by atoms with E-state index in [4.69, 9.17) is 9.47 Å². The number of fused-ring (bicyclic) bond motifs is 1. The summed E-state index contributed by atoms with van der Waals surface area (Å²) in [5.41, 5.74) is 2.88. The summed E-state index contributed by atoms with van der Waals surface area (Å²) in [6.07, 6.45) is 2.80. The van der Waals surface area contributed by atoms with Crippen molar-refractivity contribution in [2.24, 2.45) is 5.92 Å². The summed E-state index contributed by atoms with van der Waals surface area (Å²) in [4.78, 5) is 30.0. The first-order chi connectivity index (χ1) is 21.8. The number of nitrogens with one attached hydrogen (secondary N) is 3. The normalized spacial score (nSPS) is 18.7. The molecule has 2 aromatic rings. The first-order valence-corrected chi connectivity index (χ1v) is 17.7. The van der Waals surface area contributed by atoms with Crippen LogP contribution >= 0.6 is 0 Å². The van der Waals surface area contributed by atoms with Crippen LogP contribution in [0.1, 0.15) is 69.8 Å². The number of sulfonamides is 1. The average molecular weight is 658 g/mol. The third-order valence-corrected chi connectivity index (χ3v) is 10.1. The van der Waals surface area contributed by atoms with Crippen LogP contribution < -0.4 is 24.8 Å². The summed E-state index contributed by atoms with van der Waals surface area (Å²) in [5.74, 6) is 1.58. The van der Waals surface area contributed by atoms with Gasteiger partial charge in [-0.2, -0.15) is 0 Å². The minimum absolute atomic E-state index is 0.122. The van der Waals surface area contributed by atoms with E-state index < -0.39 is 22.2 Å². The fourth-order valence-electron chi connectivity index (χ4n) is 5.96. The van der Waals surface area contributed by atoms with Gasteiger partial charge in [0.2, 0.25) is 15.9 Å². The van der Waals surface area contributed by atoms with Gasteiger partial charge in [-0.1, -0.05) is 20.8 Å². The molecule has 3 amide bonds. The highest BCUT2D eigenvalue weighted by Gasteiger charge is 2.31. The number of anilines is 3. The van der Waals surface area contributed by atoms with Crippen molar-refractivity contribution < 1.29 is 32.6 Å². The van der Waals surface area contributed by atoms with E-state index in [1.165, 1.54) is 26.9 Å². The number of aliphatic hydroxyl groups is 1. The number of ether oxygens (including phenoxy) is 2. The number of amides is 3. The Balaban J connectivity index is 1.27. The van der Waals surface area contributed by atoms with Crippen LogP contribution in [0.4, 0.5) is 21.9 Å². The van der Waals surface area contributed by atoms with E-state index in [2.05, 4.69) is 20.3 Å². The van der Waals surface area contributed by atoms with E-state index in [1.807, 2.05) is 25.7 Å². The molecule has 252 valence electrons. The van der Waals surface area contributed by atoms with Crippen LogP contribution in [-0.2, 0) is 26.7 Å². The molecular weight excluding hydrogens is 610 g/mol. The highest BCUT2D eigenvalue weighted by atomic mass is 32.2. The zero-order valence-corrected chi connectivity index (χ0v) is 28.3. The van der Waals surface area contributed by atoms with Crippen LogP contribution in [-0.4, -0.2) is 87.5 Å². The van der Waals surface area contributed by atoms with E-state index >= 15 is 0 Å². The highest BCUT2D eigenvalue weighted by Crippen LogP contribution is 2.43. The third-order valence-electron chi connectivity index (χ3n) is 8.85. The molecule has 0 bridgehead atoms. The van der Waals surface area contributed by atoms with Crippen LogP contribution in [0, 0.1) is 5.92 Å². The van der Waals surface area contributed by atoms with Gasteiger partial charge in [-0.15, -0.1) is 0 Å². The Morgan fingerprint density at radius 3 is 2.43 bits per heavy atom. The maximum atomic E-state index is 13.3. The summed E-state index contributed by atoms with van der Waals surface area (Å²) in [6, 6.07) is 6.41. The molecule has 2 aromatic carbocycles. The fraction of sp³-hybridized carbons (Fsp3) is 0.576. The Morgan fingerprint density at radius 2 is 1.78 bits per heavy atom. The minimum atomic E-state index is -3.62. The number of hydrogen-bond donors (Lipinski definition) is 4. The second kappa shape index (κ2) is 13.7. The van der Waals surface area contributed by atoms with Crippen molar-refractivity contribution in [3.8, 4) is 11.5 Å². The van der Waals surface area contributed by atoms with E-state index in [0.29, 0.717) is 61.1 Å². The van der Waals surface area contributed by atoms with Gasteiger partial charge in [-0.3, -0.25) is 14.4 Å². The summed E-state index contributed by atoms with van der Waals surface area (Å²) in [7, 11) is -2.21. The summed E-state index contributed by atoms with van der Waals surface area (Å²) < 4.78 is 39.1. The van der Waals surface area contributed by atoms with Crippen LogP contribution in [0.2, 0.25) is 0 Å². The predicted octanol–water partition coefficient (Wildman–Crippen LogP) is 4.31. The Labute approximate surface area is 271 Å². The Kier molecular flexibility index (Phi) is 10.0. The van der Waals surface area contributed by atoms with Crippen molar-refractivity contribution in [1.29, 1.82) is 0 Å². The first kappa shape index (κ1) is 33.8. The number of carbonyl (C=O) groups is 2. The average Bonchev–Trinajstić information content (AvgIpc) is 3.73. The van der Waals surface area contributed by atoms with Crippen molar-refractivity contribution in [3.63, 3.8) is 0 Å². The molecule has 2 aliphatic carbocycles. The van der Waals surface area contributed by atoms with Gasteiger partial charge in [0.1, 0.15) is 12.4 Å². The lowest BCUT2D eigenvalue weighted by atomic mass is 9.86. The van der Waals surface area contributed by atoms with Gasteiger partial charge in [-0.25, -0.2) is 13.2 Å². The molecule has 0 radical (unpaired) electrons. The molecule has 3 aliphatic rings. The van der Waals surface area contributed by atoms with Crippen LogP contribution in [0.25, 0.3) is 0 Å². The lowest BCUT2D eigenvalue weighted by Gasteiger charge is -2.34. The summed E-state index contributed by atoms with van der Waals surface area (Å²) in [5, 5.41) is 16.5. The molecular formula is C33H47N5O7S. The number of rotatable bonds is 12. The van der Waals surface area contributed by atoms with Crippen molar-refractivity contribution in [2.75, 3.05) is 67.5 Å². The molecule has 2 fully saturated rings. The van der Waals surface area contributed by atoms with Gasteiger partial charge in [0.05, 0.1) is 36.9 Å². The second-order valence-corrected chi connectivity index (χ2v) is 15.4. The SMILES string of the molecule is CCS(=O)(=O)Nc1cc(C(C)(C)C)cc(NC(=O)Nc2ccc(OCCN3CCN(CC4CC4)C(=O)C3)c3c2C(O)CC3)c1OC. The largest absolute Gasteiger partial charge is 0.492 e. The smallest absolute Gasteiger partial charge is 0.323 e. The van der Waals surface area contributed by atoms with Crippen LogP contribution in [0.3, 0.4) is 0 Å². The monoisotopic (exact) mass is 657 g/mol. The van der Waals surface area contributed by atoms with Gasteiger partial charge in [0, 0.05) is 43.0 Å². The molecule has 4 N–H and O–H groups in total. The van der Waals surface area contributed by atoms with Crippen molar-refractivity contribution in [2.45, 2.75) is 64.9 Å². The van der Waals surface area contributed by atoms with Gasteiger partial charge >= 0.3 is 6.03 Å². The van der Waals surface area contributed by atoms with E-state index in [0.717, 1.165) is 30.8 Å². The van der Waals surface area contributed by atoms with Crippen LogP contribution in [0.15, 0.2) is 24.3 Å². The molecule has 1 aliphatic heterocycles. The topological polar surface area (TPSA) is 150 Å². The zero-order chi connectivity index (χ0) is 33.2. The third kappa shape index (κ3) is 8.05. The van der Waals surface area contributed by atoms with Crippen molar-refractivity contribution in [1.82, 2.24) is 9.80 Å². The molecule has 1 saturated heterocycles. The standard InChI is InChI=1S/C33H47N5O7S/c1-6-46(42,43)36-26-18-22(33(2,3)4)17-25(31(26)44-5)35-32(41)34-24-10-12-28(23-9-11-27(39)30(23)24)45-16-15-37-13-14-38(29(40)20-37)19-21-7-8-21/h10,12,17-18,21,27,36,39H,6-9,11,13-16,19-20H2,1-5H3,(H2,34,35,41). The lowest BCUT2D eigenvalue weighted by Crippen LogP contribution is -2.51. The predicted molar refractivity (Wildman–Crippen MR) is 178 cm³/mol. The summed E-state index contributed by atoms with van der Waals surface area (Å²) in [6.45, 7) is 11.4. The summed E-state index contributed by atoms with van der Waals surface area (Å²) >= 11 is 0. The molecule has 46 heavy (non-hydrogen) atoms. The fourth-order valence-corrected chi connectivity index (χ4v) is 6.59. The number of methoxy groups -OCH3 is 1. The number of nitrogens with zero attached hydrogens (tertiary/aromatic N) is 2. The maximum absolute atomic E-state index is 13.3. The molecule has 1 unspecified atom stereocenters. The zero-order valence-electron chi connectivity index (χ0n) is 27.4. The number of carbonyl (C=O) groups excluding carboxylic acids is 2. The Bertz CT molecular complexity index is 1570. The number of benzene rings is 2. The highest BCUT2D eigenvalue weighted by molar-refractivity contribution is 7.92. The maximum Gasteiger partial charge on any atom is 0.323 e. The number of aliphatic hydroxyl groups excluding tert-OH is 1. The molecule has 12 nitrogen and oxygen atoms in total.